The Hall–Kier alpha value is -2.17. The van der Waals surface area contributed by atoms with E-state index in [9.17, 15) is 4.79 Å². The number of aryl methyl sites for hydroxylation is 1. The first-order valence-electron chi connectivity index (χ1n) is 4.81. The van der Waals surface area contributed by atoms with Crippen LogP contribution in [0, 0.1) is 13.8 Å². The third kappa shape index (κ3) is 1.67. The maximum atomic E-state index is 11.0. The smallest absolute Gasteiger partial charge is 0.336 e. The zero-order valence-electron chi connectivity index (χ0n) is 9.01. The summed E-state index contributed by atoms with van der Waals surface area (Å²) in [6, 6.07) is 5.09. The Balaban J connectivity index is 2.58. The van der Waals surface area contributed by atoms with E-state index in [1.807, 2.05) is 6.07 Å². The molecule has 0 amide bonds. The van der Waals surface area contributed by atoms with E-state index in [2.05, 4.69) is 10.1 Å². The van der Waals surface area contributed by atoms with E-state index in [0.29, 0.717) is 11.4 Å². The van der Waals surface area contributed by atoms with Gasteiger partial charge >= 0.3 is 5.97 Å². The Morgan fingerprint density at radius 2 is 2.12 bits per heavy atom. The molecule has 0 atom stereocenters. The second kappa shape index (κ2) is 3.77. The SMILES string of the molecule is Cc1ncn(-c2cccc(C(=O)O)c2C)n1. The zero-order valence-corrected chi connectivity index (χ0v) is 9.01. The molecule has 0 spiro atoms. The van der Waals surface area contributed by atoms with Crippen molar-refractivity contribution >= 4 is 5.97 Å². The van der Waals surface area contributed by atoms with Crippen LogP contribution in [0.15, 0.2) is 24.5 Å². The van der Waals surface area contributed by atoms with Crippen LogP contribution in [-0.4, -0.2) is 25.8 Å². The second-order valence-corrected chi connectivity index (χ2v) is 3.49. The van der Waals surface area contributed by atoms with Gasteiger partial charge in [-0.2, -0.15) is 5.10 Å². The van der Waals surface area contributed by atoms with E-state index < -0.39 is 5.97 Å². The average molecular weight is 217 g/mol. The highest BCUT2D eigenvalue weighted by Crippen LogP contribution is 2.17. The Bertz CT molecular complexity index is 546. The first-order valence-corrected chi connectivity index (χ1v) is 4.81. The predicted molar refractivity (Wildman–Crippen MR) is 57.8 cm³/mol. The van der Waals surface area contributed by atoms with Crippen molar-refractivity contribution in [2.24, 2.45) is 0 Å². The summed E-state index contributed by atoms with van der Waals surface area (Å²) >= 11 is 0. The summed E-state index contributed by atoms with van der Waals surface area (Å²) in [6.45, 7) is 3.54. The third-order valence-corrected chi connectivity index (χ3v) is 2.39. The van der Waals surface area contributed by atoms with E-state index in [-0.39, 0.29) is 5.56 Å². The van der Waals surface area contributed by atoms with Crippen LogP contribution in [0.25, 0.3) is 5.69 Å². The lowest BCUT2D eigenvalue weighted by Crippen LogP contribution is -2.05. The summed E-state index contributed by atoms with van der Waals surface area (Å²) in [5.74, 6) is -0.281. The molecule has 82 valence electrons. The number of carboxylic acid groups (broad SMARTS) is 1. The molecule has 0 aliphatic rings. The standard InChI is InChI=1S/C11H11N3O2/c1-7-9(11(15)16)4-3-5-10(7)14-6-12-8(2)13-14/h3-6H,1-2H3,(H,15,16). The minimum atomic E-state index is -0.934. The van der Waals surface area contributed by atoms with E-state index in [4.69, 9.17) is 5.11 Å². The number of carbonyl (C=O) groups is 1. The van der Waals surface area contributed by atoms with Crippen molar-refractivity contribution in [3.8, 4) is 5.69 Å². The Morgan fingerprint density at radius 1 is 1.38 bits per heavy atom. The van der Waals surface area contributed by atoms with Crippen LogP contribution >= 0.6 is 0 Å². The zero-order chi connectivity index (χ0) is 11.7. The Morgan fingerprint density at radius 3 is 2.69 bits per heavy atom. The minimum absolute atomic E-state index is 0.283. The second-order valence-electron chi connectivity index (χ2n) is 3.49. The molecule has 0 unspecified atom stereocenters. The van der Waals surface area contributed by atoms with Gasteiger partial charge in [-0.1, -0.05) is 6.07 Å². The number of rotatable bonds is 2. The number of aromatic nitrogens is 3. The van der Waals surface area contributed by atoms with Crippen molar-refractivity contribution < 1.29 is 9.90 Å². The molecule has 1 aromatic carbocycles. The van der Waals surface area contributed by atoms with Crippen molar-refractivity contribution in [1.82, 2.24) is 14.8 Å². The van der Waals surface area contributed by atoms with Crippen LogP contribution in [0.3, 0.4) is 0 Å². The quantitative estimate of drug-likeness (QED) is 0.829. The van der Waals surface area contributed by atoms with Crippen molar-refractivity contribution in [2.45, 2.75) is 13.8 Å². The summed E-state index contributed by atoms with van der Waals surface area (Å²) in [5, 5.41) is 13.2. The van der Waals surface area contributed by atoms with Crippen molar-refractivity contribution in [3.05, 3.63) is 41.5 Å². The highest BCUT2D eigenvalue weighted by molar-refractivity contribution is 5.90. The molecule has 0 aliphatic heterocycles. The molecule has 2 aromatic rings. The molecular formula is C11H11N3O2. The maximum Gasteiger partial charge on any atom is 0.336 e. The van der Waals surface area contributed by atoms with E-state index in [1.54, 1.807) is 37.0 Å². The summed E-state index contributed by atoms with van der Waals surface area (Å²) in [4.78, 5) is 15.0. The molecule has 0 fully saturated rings. The normalized spacial score (nSPS) is 10.4. The molecule has 0 saturated carbocycles. The molecule has 1 heterocycles. The molecule has 1 aromatic heterocycles. The molecule has 0 saturated heterocycles. The van der Waals surface area contributed by atoms with Crippen LogP contribution in [0.4, 0.5) is 0 Å². The molecule has 5 heteroatoms. The summed E-state index contributed by atoms with van der Waals surface area (Å²) in [7, 11) is 0. The van der Waals surface area contributed by atoms with Gasteiger partial charge < -0.3 is 5.11 Å². The lowest BCUT2D eigenvalue weighted by atomic mass is 10.1. The molecule has 16 heavy (non-hydrogen) atoms. The average Bonchev–Trinajstić information content (AvgIpc) is 2.64. The van der Waals surface area contributed by atoms with Gasteiger partial charge in [-0.3, -0.25) is 0 Å². The first kappa shape index (κ1) is 10.4. The lowest BCUT2D eigenvalue weighted by molar-refractivity contribution is 0.0696. The van der Waals surface area contributed by atoms with Crippen molar-refractivity contribution in [1.29, 1.82) is 0 Å². The van der Waals surface area contributed by atoms with Crippen LogP contribution in [0.1, 0.15) is 21.7 Å². The van der Waals surface area contributed by atoms with Gasteiger partial charge in [0.2, 0.25) is 0 Å². The third-order valence-electron chi connectivity index (χ3n) is 2.39. The number of carboxylic acids is 1. The predicted octanol–water partition coefficient (Wildman–Crippen LogP) is 1.58. The molecule has 0 aliphatic carbocycles. The lowest BCUT2D eigenvalue weighted by Gasteiger charge is -2.07. The van der Waals surface area contributed by atoms with Crippen LogP contribution in [-0.2, 0) is 0 Å². The van der Waals surface area contributed by atoms with Crippen molar-refractivity contribution in [2.75, 3.05) is 0 Å². The highest BCUT2D eigenvalue weighted by Gasteiger charge is 2.11. The fraction of sp³-hybridized carbons (Fsp3) is 0.182. The van der Waals surface area contributed by atoms with Crippen LogP contribution in [0.5, 0.6) is 0 Å². The number of hydrogen-bond donors (Lipinski definition) is 1. The van der Waals surface area contributed by atoms with Gasteiger partial charge in [0, 0.05) is 0 Å². The van der Waals surface area contributed by atoms with Gasteiger partial charge in [0.05, 0.1) is 11.3 Å². The number of aromatic carboxylic acids is 1. The van der Waals surface area contributed by atoms with Crippen LogP contribution < -0.4 is 0 Å². The molecule has 0 bridgehead atoms. The molecule has 5 nitrogen and oxygen atoms in total. The first-order chi connectivity index (χ1) is 7.59. The summed E-state index contributed by atoms with van der Waals surface area (Å²) < 4.78 is 1.58. The largest absolute Gasteiger partial charge is 0.478 e. The Kier molecular flexibility index (Phi) is 2.44. The van der Waals surface area contributed by atoms with Gasteiger partial charge in [0.25, 0.3) is 0 Å². The van der Waals surface area contributed by atoms with Crippen molar-refractivity contribution in [3.63, 3.8) is 0 Å². The highest BCUT2D eigenvalue weighted by atomic mass is 16.4. The van der Waals surface area contributed by atoms with Gasteiger partial charge in [-0.15, -0.1) is 0 Å². The monoisotopic (exact) mass is 217 g/mol. The van der Waals surface area contributed by atoms with E-state index in [1.165, 1.54) is 0 Å². The molecule has 1 N–H and O–H groups in total. The van der Waals surface area contributed by atoms with E-state index >= 15 is 0 Å². The topological polar surface area (TPSA) is 68.0 Å². The summed E-state index contributed by atoms with van der Waals surface area (Å²) in [6.07, 6.45) is 1.57. The Labute approximate surface area is 92.4 Å². The summed E-state index contributed by atoms with van der Waals surface area (Å²) in [5.41, 5.74) is 1.70. The van der Waals surface area contributed by atoms with Gasteiger partial charge in [0.15, 0.2) is 0 Å². The fourth-order valence-electron chi connectivity index (χ4n) is 1.57. The minimum Gasteiger partial charge on any atom is -0.478 e. The van der Waals surface area contributed by atoms with E-state index in [0.717, 1.165) is 5.69 Å². The number of nitrogens with zero attached hydrogens (tertiary/aromatic N) is 3. The molecular weight excluding hydrogens is 206 g/mol. The maximum absolute atomic E-state index is 11.0. The van der Waals surface area contributed by atoms with Gasteiger partial charge in [-0.05, 0) is 31.5 Å². The van der Waals surface area contributed by atoms with Gasteiger partial charge in [-0.25, -0.2) is 14.5 Å². The number of hydrogen-bond acceptors (Lipinski definition) is 3. The molecule has 0 radical (unpaired) electrons. The van der Waals surface area contributed by atoms with Crippen LogP contribution in [0.2, 0.25) is 0 Å². The molecule has 2 rings (SSSR count). The van der Waals surface area contributed by atoms with Gasteiger partial charge in [0.1, 0.15) is 12.2 Å². The fourth-order valence-corrected chi connectivity index (χ4v) is 1.57. The number of benzene rings is 1.